The zero-order chi connectivity index (χ0) is 20.3. The van der Waals surface area contributed by atoms with Crippen molar-refractivity contribution in [2.24, 2.45) is 5.92 Å². The van der Waals surface area contributed by atoms with Crippen molar-refractivity contribution in [3.8, 4) is 0 Å². The van der Waals surface area contributed by atoms with Gasteiger partial charge < -0.3 is 5.32 Å². The Labute approximate surface area is 168 Å². The van der Waals surface area contributed by atoms with Crippen LogP contribution in [0.1, 0.15) is 45.5 Å². The highest BCUT2D eigenvalue weighted by atomic mass is 35.5. The zero-order valence-electron chi connectivity index (χ0n) is 15.7. The summed E-state index contributed by atoms with van der Waals surface area (Å²) in [5.41, 5.74) is 0.888. The maximum atomic E-state index is 13.3. The summed E-state index contributed by atoms with van der Waals surface area (Å²) in [7, 11) is 0. The van der Waals surface area contributed by atoms with Crippen LogP contribution in [0.5, 0.6) is 0 Å². The molecule has 150 valence electrons. The van der Waals surface area contributed by atoms with Gasteiger partial charge in [0.1, 0.15) is 0 Å². The number of carbonyl (C=O) groups excluding carboxylic acids is 1. The molecule has 28 heavy (non-hydrogen) atoms. The number of Topliss-reactive ketones (excluding diaryl/α,β-unsaturated/α-hetero) is 1. The Morgan fingerprint density at radius 2 is 1.93 bits per heavy atom. The summed E-state index contributed by atoms with van der Waals surface area (Å²) in [6.45, 7) is 3.74. The van der Waals surface area contributed by atoms with Gasteiger partial charge >= 0.3 is 6.18 Å². The third-order valence-electron chi connectivity index (χ3n) is 5.19. The predicted molar refractivity (Wildman–Crippen MR) is 105 cm³/mol. The summed E-state index contributed by atoms with van der Waals surface area (Å²) in [4.78, 5) is 12.6. The zero-order valence-corrected chi connectivity index (χ0v) is 16.5. The number of alkyl halides is 3. The Morgan fingerprint density at radius 1 is 1.18 bits per heavy atom. The van der Waals surface area contributed by atoms with E-state index in [-0.39, 0.29) is 12.0 Å². The molecule has 0 saturated carbocycles. The molecule has 1 aliphatic rings. The van der Waals surface area contributed by atoms with Gasteiger partial charge in [0, 0.05) is 17.0 Å². The number of hydrogen-bond acceptors (Lipinski definition) is 2. The quantitative estimate of drug-likeness (QED) is 0.600. The van der Waals surface area contributed by atoms with Crippen LogP contribution in [0.25, 0.3) is 0 Å². The van der Waals surface area contributed by atoms with Gasteiger partial charge in [0.05, 0.1) is 5.56 Å². The molecule has 3 rings (SSSR count). The van der Waals surface area contributed by atoms with Gasteiger partial charge in [-0.2, -0.15) is 13.2 Å². The lowest BCUT2D eigenvalue weighted by Crippen LogP contribution is -2.41. The minimum atomic E-state index is -4.57. The molecule has 2 aromatic carbocycles. The number of halogens is 4. The van der Waals surface area contributed by atoms with Crippen molar-refractivity contribution in [1.82, 2.24) is 5.32 Å². The number of carbonyl (C=O) groups is 1. The first-order chi connectivity index (χ1) is 13.2. The van der Waals surface area contributed by atoms with E-state index in [4.69, 9.17) is 11.6 Å². The molecule has 0 aromatic heterocycles. The Bertz CT molecular complexity index is 859. The first-order valence-corrected chi connectivity index (χ1v) is 9.81. The molecule has 0 bridgehead atoms. The van der Waals surface area contributed by atoms with Crippen molar-refractivity contribution in [2.75, 3.05) is 13.1 Å². The second kappa shape index (κ2) is 8.66. The van der Waals surface area contributed by atoms with Crippen LogP contribution in [0, 0.1) is 12.8 Å². The van der Waals surface area contributed by atoms with Crippen LogP contribution in [0.3, 0.4) is 0 Å². The molecular weight excluding hydrogens is 387 g/mol. The highest BCUT2D eigenvalue weighted by molar-refractivity contribution is 6.31. The highest BCUT2D eigenvalue weighted by Gasteiger charge is 2.35. The third kappa shape index (κ3) is 5.15. The Balaban J connectivity index is 1.68. The lowest BCUT2D eigenvalue weighted by Gasteiger charge is -2.26. The van der Waals surface area contributed by atoms with E-state index in [0.717, 1.165) is 43.5 Å². The number of benzene rings is 2. The summed E-state index contributed by atoms with van der Waals surface area (Å²) in [5.74, 6) is 0.171. The van der Waals surface area contributed by atoms with Crippen LogP contribution < -0.4 is 5.32 Å². The van der Waals surface area contributed by atoms with Crippen LogP contribution in [0.4, 0.5) is 13.2 Å². The molecule has 2 nitrogen and oxygen atoms in total. The molecule has 6 heteroatoms. The van der Waals surface area contributed by atoms with Gasteiger partial charge in [0.2, 0.25) is 0 Å². The fraction of sp³-hybridized carbons (Fsp3) is 0.409. The minimum Gasteiger partial charge on any atom is -0.316 e. The van der Waals surface area contributed by atoms with Gasteiger partial charge in [-0.15, -0.1) is 0 Å². The van der Waals surface area contributed by atoms with Crippen molar-refractivity contribution in [3.05, 3.63) is 69.2 Å². The molecule has 1 N–H and O–H groups in total. The van der Waals surface area contributed by atoms with Crippen LogP contribution in [-0.4, -0.2) is 18.9 Å². The number of hydrogen-bond donors (Lipinski definition) is 1. The summed E-state index contributed by atoms with van der Waals surface area (Å²) in [5, 5.41) is 3.68. The van der Waals surface area contributed by atoms with Gasteiger partial charge in [0.15, 0.2) is 5.78 Å². The minimum absolute atomic E-state index is 0.154. The molecular formula is C22H23ClF3NO. The summed E-state index contributed by atoms with van der Waals surface area (Å²) >= 11 is 6.31. The van der Waals surface area contributed by atoms with E-state index in [1.807, 2.05) is 12.1 Å². The lowest BCUT2D eigenvalue weighted by atomic mass is 9.94. The largest absolute Gasteiger partial charge is 0.417 e. The van der Waals surface area contributed by atoms with E-state index in [0.29, 0.717) is 16.1 Å². The average Bonchev–Trinajstić information content (AvgIpc) is 2.58. The maximum absolute atomic E-state index is 13.3. The smallest absolute Gasteiger partial charge is 0.316 e. The molecule has 1 fully saturated rings. The summed E-state index contributed by atoms with van der Waals surface area (Å²) < 4.78 is 39.8. The Morgan fingerprint density at radius 3 is 2.54 bits per heavy atom. The second-order valence-corrected chi connectivity index (χ2v) is 7.90. The molecule has 0 aliphatic carbocycles. The van der Waals surface area contributed by atoms with Crippen molar-refractivity contribution in [3.63, 3.8) is 0 Å². The number of rotatable bonds is 7. The molecule has 1 heterocycles. The number of aryl methyl sites for hydroxylation is 2. The summed E-state index contributed by atoms with van der Waals surface area (Å²) in [6, 6.07) is 9.26. The average molecular weight is 410 g/mol. The molecule has 0 radical (unpaired) electrons. The van der Waals surface area contributed by atoms with Crippen molar-refractivity contribution in [2.45, 2.75) is 38.8 Å². The van der Waals surface area contributed by atoms with E-state index in [1.165, 1.54) is 18.6 Å². The maximum Gasteiger partial charge on any atom is 0.417 e. The molecule has 1 saturated heterocycles. The van der Waals surface area contributed by atoms with E-state index in [1.54, 1.807) is 13.0 Å². The molecule has 0 spiro atoms. The van der Waals surface area contributed by atoms with Gasteiger partial charge in [-0.3, -0.25) is 4.79 Å². The molecule has 0 unspecified atom stereocenters. The first-order valence-electron chi connectivity index (χ1n) is 9.43. The van der Waals surface area contributed by atoms with E-state index in [9.17, 15) is 18.0 Å². The standard InChI is InChI=1S/C22H23ClF3NO/c1-14-5-8-18(19(9-14)22(24,25)26)21(28)11-17-7-6-15(10-20(17)23)3-2-4-16-12-27-13-16/h5-10,16,27H,2-4,11-13H2,1H3. The molecule has 1 aliphatic heterocycles. The van der Waals surface area contributed by atoms with Gasteiger partial charge in [-0.25, -0.2) is 0 Å². The fourth-order valence-electron chi connectivity index (χ4n) is 3.44. The van der Waals surface area contributed by atoms with Crippen LogP contribution in [0.2, 0.25) is 5.02 Å². The highest BCUT2D eigenvalue weighted by Crippen LogP contribution is 2.33. The van der Waals surface area contributed by atoms with Crippen LogP contribution in [-0.2, 0) is 19.0 Å². The van der Waals surface area contributed by atoms with Gasteiger partial charge in [0.25, 0.3) is 0 Å². The van der Waals surface area contributed by atoms with Gasteiger partial charge in [-0.05, 0) is 68.5 Å². The second-order valence-electron chi connectivity index (χ2n) is 7.49. The topological polar surface area (TPSA) is 29.1 Å². The first kappa shape index (κ1) is 20.9. The molecule has 2 aromatic rings. The van der Waals surface area contributed by atoms with E-state index >= 15 is 0 Å². The SMILES string of the molecule is Cc1ccc(C(=O)Cc2ccc(CCCC3CNC3)cc2Cl)c(C(F)(F)F)c1. The monoisotopic (exact) mass is 409 g/mol. The van der Waals surface area contributed by atoms with E-state index in [2.05, 4.69) is 5.32 Å². The van der Waals surface area contributed by atoms with Crippen molar-refractivity contribution < 1.29 is 18.0 Å². The van der Waals surface area contributed by atoms with Crippen molar-refractivity contribution in [1.29, 1.82) is 0 Å². The fourth-order valence-corrected chi connectivity index (χ4v) is 3.71. The molecule has 0 atom stereocenters. The number of ketones is 1. The summed E-state index contributed by atoms with van der Waals surface area (Å²) in [6.07, 6.45) is -1.59. The lowest BCUT2D eigenvalue weighted by molar-refractivity contribution is -0.137. The number of nitrogens with one attached hydrogen (secondary N) is 1. The Kier molecular flexibility index (Phi) is 6.46. The predicted octanol–water partition coefficient (Wildman–Crippen LogP) is 5.63. The molecule has 0 amide bonds. The third-order valence-corrected chi connectivity index (χ3v) is 5.55. The van der Waals surface area contributed by atoms with Crippen LogP contribution in [0.15, 0.2) is 36.4 Å². The van der Waals surface area contributed by atoms with E-state index < -0.39 is 17.5 Å². The Hall–Kier alpha value is -1.85. The van der Waals surface area contributed by atoms with Gasteiger partial charge in [-0.1, -0.05) is 41.4 Å². The van der Waals surface area contributed by atoms with Crippen molar-refractivity contribution >= 4 is 17.4 Å². The normalized spacial score (nSPS) is 14.8. The van der Waals surface area contributed by atoms with Crippen LogP contribution >= 0.6 is 11.6 Å².